The quantitative estimate of drug-likeness (QED) is 0.947. The van der Waals surface area contributed by atoms with Crippen LogP contribution in [0.4, 0.5) is 14.5 Å². The molecule has 22 heavy (non-hydrogen) atoms. The smallest absolute Gasteiger partial charge is 0.268 e. The topological polar surface area (TPSA) is 50.7 Å². The molecule has 2 aromatic rings. The molecule has 0 spiro atoms. The molecule has 4 nitrogen and oxygen atoms in total. The third kappa shape index (κ3) is 3.11. The summed E-state index contributed by atoms with van der Waals surface area (Å²) in [6.45, 7) is 0. The number of anilines is 1. The van der Waals surface area contributed by atoms with Crippen LogP contribution in [0.2, 0.25) is 0 Å². The van der Waals surface area contributed by atoms with Crippen LogP contribution in [0.15, 0.2) is 53.7 Å². The van der Waals surface area contributed by atoms with Crippen LogP contribution in [0.1, 0.15) is 12.0 Å². The standard InChI is InChI=1S/C16H12F2N2O2/c17-11-3-1-10(2-4-11)14-9-15(22-20-14)16(21)19-13-7-5-12(18)6-8-13/h1-8,15H,9H2,(H,19,21). The van der Waals surface area contributed by atoms with E-state index >= 15 is 0 Å². The first kappa shape index (κ1) is 14.2. The van der Waals surface area contributed by atoms with E-state index in [9.17, 15) is 13.6 Å². The minimum atomic E-state index is -0.759. The first-order chi connectivity index (χ1) is 10.6. The van der Waals surface area contributed by atoms with Gasteiger partial charge in [0.05, 0.1) is 5.71 Å². The van der Waals surface area contributed by atoms with Crippen molar-refractivity contribution in [1.29, 1.82) is 0 Å². The van der Waals surface area contributed by atoms with Gasteiger partial charge in [-0.15, -0.1) is 0 Å². The molecule has 0 saturated carbocycles. The molecule has 1 amide bonds. The highest BCUT2D eigenvalue weighted by molar-refractivity contribution is 6.06. The number of nitrogens with zero attached hydrogens (tertiary/aromatic N) is 1. The zero-order chi connectivity index (χ0) is 15.5. The predicted molar refractivity (Wildman–Crippen MR) is 77.5 cm³/mol. The van der Waals surface area contributed by atoms with E-state index in [1.54, 1.807) is 12.1 Å². The van der Waals surface area contributed by atoms with Crippen LogP contribution in [0.3, 0.4) is 0 Å². The molecule has 1 unspecified atom stereocenters. The van der Waals surface area contributed by atoms with Crippen molar-refractivity contribution in [3.8, 4) is 0 Å². The Morgan fingerprint density at radius 2 is 1.64 bits per heavy atom. The van der Waals surface area contributed by atoms with Crippen molar-refractivity contribution < 1.29 is 18.4 Å². The first-order valence-electron chi connectivity index (χ1n) is 6.67. The molecule has 6 heteroatoms. The normalized spacial score (nSPS) is 16.8. The van der Waals surface area contributed by atoms with Gasteiger partial charge in [0.15, 0.2) is 0 Å². The number of oxime groups is 1. The monoisotopic (exact) mass is 302 g/mol. The highest BCUT2D eigenvalue weighted by Crippen LogP contribution is 2.19. The summed E-state index contributed by atoms with van der Waals surface area (Å²) in [7, 11) is 0. The van der Waals surface area contributed by atoms with Gasteiger partial charge in [0.1, 0.15) is 11.6 Å². The molecular formula is C16H12F2N2O2. The number of carbonyl (C=O) groups is 1. The van der Waals surface area contributed by atoms with Crippen molar-refractivity contribution in [2.75, 3.05) is 5.32 Å². The molecule has 0 radical (unpaired) electrons. The van der Waals surface area contributed by atoms with Gasteiger partial charge in [-0.2, -0.15) is 0 Å². The van der Waals surface area contributed by atoms with Gasteiger partial charge < -0.3 is 10.2 Å². The summed E-state index contributed by atoms with van der Waals surface area (Å²) in [4.78, 5) is 17.2. The molecular weight excluding hydrogens is 290 g/mol. The third-order valence-corrected chi connectivity index (χ3v) is 3.25. The Labute approximate surface area is 125 Å². The average Bonchev–Trinajstić information content (AvgIpc) is 3.00. The molecule has 1 atom stereocenters. The van der Waals surface area contributed by atoms with Gasteiger partial charge in [-0.3, -0.25) is 4.79 Å². The van der Waals surface area contributed by atoms with Crippen LogP contribution >= 0.6 is 0 Å². The lowest BCUT2D eigenvalue weighted by atomic mass is 10.0. The van der Waals surface area contributed by atoms with Crippen LogP contribution in [-0.2, 0) is 9.63 Å². The number of halogens is 2. The highest BCUT2D eigenvalue weighted by Gasteiger charge is 2.28. The molecule has 1 N–H and O–H groups in total. The second kappa shape index (κ2) is 5.93. The maximum absolute atomic E-state index is 12.9. The van der Waals surface area contributed by atoms with Crippen LogP contribution in [0.25, 0.3) is 0 Å². The van der Waals surface area contributed by atoms with Crippen molar-refractivity contribution in [3.05, 3.63) is 65.7 Å². The SMILES string of the molecule is O=C(Nc1ccc(F)cc1)C1CC(c2ccc(F)cc2)=NO1. The Hall–Kier alpha value is -2.76. The van der Waals surface area contributed by atoms with Gasteiger partial charge in [0.2, 0.25) is 6.10 Å². The van der Waals surface area contributed by atoms with Gasteiger partial charge in [-0.25, -0.2) is 8.78 Å². The Bertz CT molecular complexity index is 712. The van der Waals surface area contributed by atoms with Crippen molar-refractivity contribution >= 4 is 17.3 Å². The summed E-state index contributed by atoms with van der Waals surface area (Å²) in [6, 6.07) is 11.2. The maximum atomic E-state index is 12.9. The molecule has 0 aliphatic carbocycles. The second-order valence-corrected chi connectivity index (χ2v) is 4.84. The molecule has 2 aromatic carbocycles. The fourth-order valence-electron chi connectivity index (χ4n) is 2.09. The van der Waals surface area contributed by atoms with Crippen molar-refractivity contribution in [1.82, 2.24) is 0 Å². The van der Waals surface area contributed by atoms with E-state index in [0.717, 1.165) is 0 Å². The van der Waals surface area contributed by atoms with Gasteiger partial charge in [0.25, 0.3) is 5.91 Å². The summed E-state index contributed by atoms with van der Waals surface area (Å²) < 4.78 is 25.7. The molecule has 3 rings (SSSR count). The fourth-order valence-corrected chi connectivity index (χ4v) is 2.09. The van der Waals surface area contributed by atoms with E-state index in [4.69, 9.17) is 4.84 Å². The van der Waals surface area contributed by atoms with Crippen molar-refractivity contribution in [3.63, 3.8) is 0 Å². The first-order valence-corrected chi connectivity index (χ1v) is 6.67. The zero-order valence-corrected chi connectivity index (χ0v) is 11.4. The lowest BCUT2D eigenvalue weighted by Crippen LogP contribution is -2.28. The van der Waals surface area contributed by atoms with E-state index < -0.39 is 6.10 Å². The Morgan fingerprint density at radius 3 is 2.27 bits per heavy atom. The number of amides is 1. The lowest BCUT2D eigenvalue weighted by Gasteiger charge is -2.09. The molecule has 0 aromatic heterocycles. The minimum absolute atomic E-state index is 0.290. The molecule has 0 saturated heterocycles. The van der Waals surface area contributed by atoms with E-state index in [2.05, 4.69) is 10.5 Å². The summed E-state index contributed by atoms with van der Waals surface area (Å²) in [5, 5.41) is 6.50. The Kier molecular flexibility index (Phi) is 3.82. The van der Waals surface area contributed by atoms with Gasteiger partial charge in [0, 0.05) is 12.1 Å². The zero-order valence-electron chi connectivity index (χ0n) is 11.4. The number of rotatable bonds is 3. The number of benzene rings is 2. The summed E-state index contributed by atoms with van der Waals surface area (Å²) in [5.41, 5.74) is 1.77. The van der Waals surface area contributed by atoms with E-state index in [1.807, 2.05) is 0 Å². The minimum Gasteiger partial charge on any atom is -0.382 e. The Balaban J connectivity index is 1.62. The van der Waals surface area contributed by atoms with Crippen LogP contribution < -0.4 is 5.32 Å². The molecule has 1 aliphatic heterocycles. The second-order valence-electron chi connectivity index (χ2n) is 4.84. The molecule has 1 aliphatic rings. The van der Waals surface area contributed by atoms with Crippen molar-refractivity contribution in [2.45, 2.75) is 12.5 Å². The Morgan fingerprint density at radius 1 is 1.05 bits per heavy atom. The molecule has 1 heterocycles. The maximum Gasteiger partial charge on any atom is 0.268 e. The predicted octanol–water partition coefficient (Wildman–Crippen LogP) is 3.10. The van der Waals surface area contributed by atoms with Gasteiger partial charge in [-0.05, 0) is 42.0 Å². The lowest BCUT2D eigenvalue weighted by molar-refractivity contribution is -0.125. The van der Waals surface area contributed by atoms with Crippen molar-refractivity contribution in [2.24, 2.45) is 5.16 Å². The van der Waals surface area contributed by atoms with Gasteiger partial charge in [-0.1, -0.05) is 17.3 Å². The highest BCUT2D eigenvalue weighted by atomic mass is 19.1. The van der Waals surface area contributed by atoms with E-state index in [0.29, 0.717) is 23.4 Å². The number of nitrogens with one attached hydrogen (secondary N) is 1. The summed E-state index contributed by atoms with van der Waals surface area (Å²) in [5.74, 6) is -1.08. The number of hydrogen-bond acceptors (Lipinski definition) is 3. The third-order valence-electron chi connectivity index (χ3n) is 3.25. The number of hydrogen-bond donors (Lipinski definition) is 1. The largest absolute Gasteiger partial charge is 0.382 e. The van der Waals surface area contributed by atoms with Crippen LogP contribution in [0.5, 0.6) is 0 Å². The molecule has 0 fully saturated rings. The molecule has 0 bridgehead atoms. The summed E-state index contributed by atoms with van der Waals surface area (Å²) in [6.07, 6.45) is -0.469. The van der Waals surface area contributed by atoms with E-state index in [-0.39, 0.29) is 17.5 Å². The average molecular weight is 302 g/mol. The number of carbonyl (C=O) groups excluding carboxylic acids is 1. The van der Waals surface area contributed by atoms with Crippen LogP contribution in [0, 0.1) is 11.6 Å². The van der Waals surface area contributed by atoms with E-state index in [1.165, 1.54) is 36.4 Å². The fraction of sp³-hybridized carbons (Fsp3) is 0.125. The van der Waals surface area contributed by atoms with Crippen LogP contribution in [-0.4, -0.2) is 17.7 Å². The van der Waals surface area contributed by atoms with Gasteiger partial charge >= 0.3 is 0 Å². The summed E-state index contributed by atoms with van der Waals surface area (Å²) >= 11 is 0. The molecule has 112 valence electrons.